The summed E-state index contributed by atoms with van der Waals surface area (Å²) in [5.74, 6) is -1.89. The maximum atomic E-state index is 12.9. The number of benzene rings is 1. The fourth-order valence-corrected chi connectivity index (χ4v) is 4.40. The van der Waals surface area contributed by atoms with Gasteiger partial charge in [-0.15, -0.1) is 23.7 Å². The average Bonchev–Trinajstić information content (AvgIpc) is 3.36. The Hall–Kier alpha value is -2.98. The van der Waals surface area contributed by atoms with Crippen LogP contribution < -0.4 is 10.6 Å². The largest absolute Gasteiger partial charge is 0.478 e. The molecule has 0 bridgehead atoms. The SMILES string of the molecule is CN1Cc2cnc(C(=O)Nc3cc(C(=O)O)ccc3CNC(=O)c3ccc(Cl)s3)cc2C1.Cl. The van der Waals surface area contributed by atoms with Crippen molar-refractivity contribution in [3.63, 3.8) is 0 Å². The summed E-state index contributed by atoms with van der Waals surface area (Å²) in [7, 11) is 1.99. The molecular formula is C22H20Cl2N4O4S. The molecule has 33 heavy (non-hydrogen) atoms. The number of thiophene rings is 1. The molecule has 0 aliphatic carbocycles. The molecule has 0 fully saturated rings. The predicted octanol–water partition coefficient (Wildman–Crippen LogP) is 4.04. The maximum Gasteiger partial charge on any atom is 0.335 e. The van der Waals surface area contributed by atoms with E-state index < -0.39 is 11.9 Å². The Morgan fingerprint density at radius 3 is 2.58 bits per heavy atom. The van der Waals surface area contributed by atoms with Gasteiger partial charge >= 0.3 is 5.97 Å². The monoisotopic (exact) mass is 506 g/mol. The first-order valence-electron chi connectivity index (χ1n) is 9.67. The van der Waals surface area contributed by atoms with Crippen LogP contribution in [0.15, 0.2) is 42.6 Å². The molecule has 4 rings (SSSR count). The Labute approximate surface area is 205 Å². The standard InChI is InChI=1S/C22H19ClN4O4S.ClH/c1-27-10-14-7-17(24-9-15(14)11-27)20(28)26-16-6-12(22(30)31)2-3-13(16)8-25-21(29)18-4-5-19(23)32-18;/h2-7,9H,8,10-11H2,1H3,(H,25,29)(H,26,28)(H,30,31);1H. The van der Waals surface area contributed by atoms with Crippen LogP contribution in [0.1, 0.15) is 47.2 Å². The van der Waals surface area contributed by atoms with E-state index in [0.29, 0.717) is 20.5 Å². The second-order valence-electron chi connectivity index (χ2n) is 7.43. The van der Waals surface area contributed by atoms with Crippen LogP contribution in [0.5, 0.6) is 0 Å². The van der Waals surface area contributed by atoms with Crippen LogP contribution >= 0.6 is 35.3 Å². The molecule has 11 heteroatoms. The van der Waals surface area contributed by atoms with E-state index in [0.717, 1.165) is 35.6 Å². The number of aromatic nitrogens is 1. The third kappa shape index (κ3) is 5.69. The lowest BCUT2D eigenvalue weighted by Gasteiger charge is -2.13. The van der Waals surface area contributed by atoms with E-state index in [-0.39, 0.29) is 36.1 Å². The van der Waals surface area contributed by atoms with Gasteiger partial charge in [0, 0.05) is 31.5 Å². The summed E-state index contributed by atoms with van der Waals surface area (Å²) < 4.78 is 0.502. The topological polar surface area (TPSA) is 112 Å². The quantitative estimate of drug-likeness (QED) is 0.465. The first kappa shape index (κ1) is 24.7. The molecule has 1 aliphatic rings. The third-order valence-electron chi connectivity index (χ3n) is 5.04. The molecule has 3 N–H and O–H groups in total. The number of carbonyl (C=O) groups is 3. The van der Waals surface area contributed by atoms with Crippen molar-refractivity contribution in [2.45, 2.75) is 19.6 Å². The minimum Gasteiger partial charge on any atom is -0.478 e. The Bertz CT molecular complexity index is 1230. The van der Waals surface area contributed by atoms with E-state index in [1.54, 1.807) is 30.5 Å². The fourth-order valence-electron chi connectivity index (χ4n) is 3.44. The number of hydrogen-bond donors (Lipinski definition) is 3. The molecule has 1 aromatic carbocycles. The second kappa shape index (κ2) is 10.3. The minimum absolute atomic E-state index is 0. The van der Waals surface area contributed by atoms with Gasteiger partial charge < -0.3 is 15.7 Å². The normalized spacial score (nSPS) is 12.5. The summed E-state index contributed by atoms with van der Waals surface area (Å²) in [6.07, 6.45) is 1.69. The third-order valence-corrected chi connectivity index (χ3v) is 6.27. The minimum atomic E-state index is -1.12. The van der Waals surface area contributed by atoms with Gasteiger partial charge in [-0.05, 0) is 54.1 Å². The second-order valence-corrected chi connectivity index (χ2v) is 9.14. The van der Waals surface area contributed by atoms with Gasteiger partial charge in [-0.1, -0.05) is 17.7 Å². The Balaban J connectivity index is 0.00000306. The number of carboxylic acid groups (broad SMARTS) is 1. The lowest BCUT2D eigenvalue weighted by atomic mass is 10.1. The summed E-state index contributed by atoms with van der Waals surface area (Å²) in [6.45, 7) is 1.60. The van der Waals surface area contributed by atoms with Crippen molar-refractivity contribution in [2.75, 3.05) is 12.4 Å². The van der Waals surface area contributed by atoms with E-state index >= 15 is 0 Å². The Morgan fingerprint density at radius 1 is 1.12 bits per heavy atom. The van der Waals surface area contributed by atoms with Crippen molar-refractivity contribution < 1.29 is 19.5 Å². The van der Waals surface area contributed by atoms with Gasteiger partial charge in [0.1, 0.15) is 5.69 Å². The number of carbonyl (C=O) groups excluding carboxylic acids is 2. The molecule has 0 atom stereocenters. The molecule has 2 aromatic heterocycles. The van der Waals surface area contributed by atoms with Crippen molar-refractivity contribution in [1.82, 2.24) is 15.2 Å². The number of pyridine rings is 1. The van der Waals surface area contributed by atoms with Gasteiger partial charge in [0.15, 0.2) is 0 Å². The van der Waals surface area contributed by atoms with Gasteiger partial charge in [0.05, 0.1) is 14.8 Å². The highest BCUT2D eigenvalue weighted by Crippen LogP contribution is 2.24. The zero-order valence-corrected chi connectivity index (χ0v) is 19.8. The Kier molecular flexibility index (Phi) is 7.70. The summed E-state index contributed by atoms with van der Waals surface area (Å²) in [5, 5.41) is 14.8. The van der Waals surface area contributed by atoms with Crippen LogP contribution in [0.3, 0.4) is 0 Å². The summed E-state index contributed by atoms with van der Waals surface area (Å²) in [5.41, 5.74) is 3.22. The molecule has 0 radical (unpaired) electrons. The number of nitrogens with one attached hydrogen (secondary N) is 2. The first-order chi connectivity index (χ1) is 15.3. The molecule has 0 saturated carbocycles. The smallest absolute Gasteiger partial charge is 0.335 e. The summed E-state index contributed by atoms with van der Waals surface area (Å²) in [4.78, 5) is 43.4. The molecule has 3 aromatic rings. The number of nitrogens with zero attached hydrogens (tertiary/aromatic N) is 2. The lowest BCUT2D eigenvalue weighted by molar-refractivity contribution is 0.0696. The van der Waals surface area contributed by atoms with Crippen molar-refractivity contribution in [3.8, 4) is 0 Å². The van der Waals surface area contributed by atoms with E-state index in [2.05, 4.69) is 20.5 Å². The van der Waals surface area contributed by atoms with Crippen molar-refractivity contribution >= 4 is 58.8 Å². The van der Waals surface area contributed by atoms with E-state index in [1.807, 2.05) is 7.05 Å². The van der Waals surface area contributed by atoms with Crippen molar-refractivity contribution in [3.05, 3.63) is 79.8 Å². The molecule has 1 aliphatic heterocycles. The zero-order valence-electron chi connectivity index (χ0n) is 17.4. The molecule has 0 unspecified atom stereocenters. The fraction of sp³-hybridized carbons (Fsp3) is 0.182. The Morgan fingerprint density at radius 2 is 1.88 bits per heavy atom. The number of anilines is 1. The van der Waals surface area contributed by atoms with Crippen molar-refractivity contribution in [1.29, 1.82) is 0 Å². The van der Waals surface area contributed by atoms with Gasteiger partial charge in [-0.3, -0.25) is 19.5 Å². The van der Waals surface area contributed by atoms with Crippen LogP contribution in [0.2, 0.25) is 4.34 Å². The van der Waals surface area contributed by atoms with Crippen LogP contribution in [0, 0.1) is 0 Å². The van der Waals surface area contributed by atoms with Crippen LogP contribution in [0.4, 0.5) is 5.69 Å². The van der Waals surface area contributed by atoms with Crippen LogP contribution in [-0.2, 0) is 19.6 Å². The average molecular weight is 507 g/mol. The number of carboxylic acids is 1. The van der Waals surface area contributed by atoms with Crippen LogP contribution in [0.25, 0.3) is 0 Å². The zero-order chi connectivity index (χ0) is 22.8. The van der Waals surface area contributed by atoms with Gasteiger partial charge in [0.25, 0.3) is 11.8 Å². The van der Waals surface area contributed by atoms with Crippen molar-refractivity contribution in [2.24, 2.45) is 0 Å². The molecule has 3 heterocycles. The molecule has 8 nitrogen and oxygen atoms in total. The summed E-state index contributed by atoms with van der Waals surface area (Å²) in [6, 6.07) is 9.35. The highest BCUT2D eigenvalue weighted by Gasteiger charge is 2.20. The number of rotatable bonds is 6. The molecule has 2 amide bonds. The molecule has 172 valence electrons. The number of fused-ring (bicyclic) bond motifs is 1. The lowest BCUT2D eigenvalue weighted by Crippen LogP contribution is -2.23. The van der Waals surface area contributed by atoms with Gasteiger partial charge in [0.2, 0.25) is 0 Å². The molecule has 0 spiro atoms. The van der Waals surface area contributed by atoms with E-state index in [4.69, 9.17) is 11.6 Å². The molecular weight excluding hydrogens is 487 g/mol. The first-order valence-corrected chi connectivity index (χ1v) is 10.9. The number of halogens is 2. The summed E-state index contributed by atoms with van der Waals surface area (Å²) >= 11 is 7.03. The van der Waals surface area contributed by atoms with E-state index in [1.165, 1.54) is 12.1 Å². The molecule has 0 saturated heterocycles. The number of amides is 2. The predicted molar refractivity (Wildman–Crippen MR) is 129 cm³/mol. The number of hydrogen-bond acceptors (Lipinski definition) is 6. The highest BCUT2D eigenvalue weighted by atomic mass is 35.5. The number of aromatic carboxylic acids is 1. The van der Waals surface area contributed by atoms with Crippen LogP contribution in [-0.4, -0.2) is 39.8 Å². The highest BCUT2D eigenvalue weighted by molar-refractivity contribution is 7.18. The maximum absolute atomic E-state index is 12.9. The van der Waals surface area contributed by atoms with Gasteiger partial charge in [-0.25, -0.2) is 4.79 Å². The van der Waals surface area contributed by atoms with E-state index in [9.17, 15) is 19.5 Å². The van der Waals surface area contributed by atoms with Gasteiger partial charge in [-0.2, -0.15) is 0 Å².